The van der Waals surface area contributed by atoms with E-state index in [9.17, 15) is 0 Å². The molecule has 0 aliphatic heterocycles. The van der Waals surface area contributed by atoms with Crippen molar-refractivity contribution in [2.24, 2.45) is 0 Å². The van der Waals surface area contributed by atoms with Crippen molar-refractivity contribution in [3.05, 3.63) is 23.8 Å². The van der Waals surface area contributed by atoms with Crippen molar-refractivity contribution in [3.8, 4) is 5.75 Å². The molecule has 90 valence electrons. The molecule has 0 atom stereocenters. The summed E-state index contributed by atoms with van der Waals surface area (Å²) in [5, 5.41) is 3.28. The topological polar surface area (TPSA) is 30.5 Å². The van der Waals surface area contributed by atoms with Crippen molar-refractivity contribution in [1.29, 1.82) is 0 Å². The van der Waals surface area contributed by atoms with Crippen LogP contribution in [0.3, 0.4) is 0 Å². The Labute approximate surface area is 97.8 Å². The highest BCUT2D eigenvalue weighted by atomic mass is 16.5. The summed E-state index contributed by atoms with van der Waals surface area (Å²) in [4.78, 5) is 0. The summed E-state index contributed by atoms with van der Waals surface area (Å²) in [6.07, 6.45) is 0. The van der Waals surface area contributed by atoms with Crippen LogP contribution in [0, 0.1) is 0 Å². The van der Waals surface area contributed by atoms with Gasteiger partial charge in [-0.2, -0.15) is 0 Å². The van der Waals surface area contributed by atoms with Gasteiger partial charge in [-0.1, -0.05) is 19.9 Å². The third-order valence-electron chi connectivity index (χ3n) is 2.51. The van der Waals surface area contributed by atoms with Gasteiger partial charge in [-0.15, -0.1) is 0 Å². The number of hydrogen-bond acceptors (Lipinski definition) is 3. The zero-order valence-electron chi connectivity index (χ0n) is 10.5. The number of ether oxygens (including phenoxy) is 2. The molecular weight excluding hydrogens is 202 g/mol. The molecule has 0 bridgehead atoms. The third-order valence-corrected chi connectivity index (χ3v) is 2.51. The van der Waals surface area contributed by atoms with Crippen molar-refractivity contribution in [2.75, 3.05) is 32.7 Å². The Kier molecular flexibility index (Phi) is 5.12. The number of rotatable bonds is 6. The van der Waals surface area contributed by atoms with Crippen LogP contribution >= 0.6 is 0 Å². The Morgan fingerprint density at radius 1 is 1.25 bits per heavy atom. The molecule has 0 saturated carbocycles. The van der Waals surface area contributed by atoms with E-state index < -0.39 is 0 Å². The Balaban J connectivity index is 2.76. The molecule has 0 aliphatic rings. The predicted molar refractivity (Wildman–Crippen MR) is 67.4 cm³/mol. The lowest BCUT2D eigenvalue weighted by atomic mass is 10.0. The monoisotopic (exact) mass is 223 g/mol. The number of benzene rings is 1. The van der Waals surface area contributed by atoms with Crippen LogP contribution in [-0.4, -0.2) is 27.4 Å². The predicted octanol–water partition coefficient (Wildman–Crippen LogP) is 2.88. The lowest BCUT2D eigenvalue weighted by Crippen LogP contribution is -2.08. The van der Waals surface area contributed by atoms with Crippen LogP contribution in [0.2, 0.25) is 0 Å². The molecule has 16 heavy (non-hydrogen) atoms. The Morgan fingerprint density at radius 2 is 2.00 bits per heavy atom. The van der Waals surface area contributed by atoms with E-state index in [1.807, 2.05) is 0 Å². The van der Waals surface area contributed by atoms with Gasteiger partial charge in [0.15, 0.2) is 0 Å². The normalized spacial score (nSPS) is 10.6. The fourth-order valence-electron chi connectivity index (χ4n) is 1.50. The highest BCUT2D eigenvalue weighted by molar-refractivity contribution is 5.58. The first-order chi connectivity index (χ1) is 7.69. The quantitative estimate of drug-likeness (QED) is 0.752. The zero-order chi connectivity index (χ0) is 12.0. The van der Waals surface area contributed by atoms with Gasteiger partial charge in [0.05, 0.1) is 19.4 Å². The van der Waals surface area contributed by atoms with Gasteiger partial charge in [0.2, 0.25) is 0 Å². The number of nitrogens with one attached hydrogen (secondary N) is 1. The lowest BCUT2D eigenvalue weighted by molar-refractivity contribution is 0.210. The van der Waals surface area contributed by atoms with Gasteiger partial charge in [-0.3, -0.25) is 0 Å². The minimum absolute atomic E-state index is 0.516. The van der Waals surface area contributed by atoms with E-state index in [1.54, 1.807) is 14.2 Å². The second kappa shape index (κ2) is 6.38. The molecule has 0 unspecified atom stereocenters. The molecule has 0 fully saturated rings. The maximum absolute atomic E-state index is 5.36. The molecule has 0 amide bonds. The van der Waals surface area contributed by atoms with Gasteiger partial charge in [0.25, 0.3) is 0 Å². The summed E-state index contributed by atoms with van der Waals surface area (Å²) in [6, 6.07) is 6.27. The van der Waals surface area contributed by atoms with Gasteiger partial charge in [0, 0.05) is 13.7 Å². The van der Waals surface area contributed by atoms with Crippen molar-refractivity contribution in [1.82, 2.24) is 0 Å². The average Bonchev–Trinajstić information content (AvgIpc) is 2.29. The molecule has 0 spiro atoms. The van der Waals surface area contributed by atoms with E-state index in [2.05, 4.69) is 37.4 Å². The molecule has 0 aromatic heterocycles. The van der Waals surface area contributed by atoms with E-state index in [4.69, 9.17) is 9.47 Å². The minimum Gasteiger partial charge on any atom is -0.495 e. The number of anilines is 1. The van der Waals surface area contributed by atoms with Gasteiger partial charge in [-0.25, -0.2) is 0 Å². The Hall–Kier alpha value is -1.22. The maximum Gasteiger partial charge on any atom is 0.142 e. The number of hydrogen-bond donors (Lipinski definition) is 1. The maximum atomic E-state index is 5.36. The largest absolute Gasteiger partial charge is 0.495 e. The molecule has 3 heteroatoms. The highest BCUT2D eigenvalue weighted by Crippen LogP contribution is 2.28. The summed E-state index contributed by atoms with van der Waals surface area (Å²) in [6.45, 7) is 5.82. The molecule has 0 heterocycles. The summed E-state index contributed by atoms with van der Waals surface area (Å²) in [5.74, 6) is 1.41. The van der Waals surface area contributed by atoms with E-state index in [0.29, 0.717) is 12.5 Å². The van der Waals surface area contributed by atoms with Crippen LogP contribution in [0.1, 0.15) is 25.3 Å². The average molecular weight is 223 g/mol. The smallest absolute Gasteiger partial charge is 0.142 e. The SMILES string of the molecule is COCCNc1ccc(C(C)C)cc1OC. The fraction of sp³-hybridized carbons (Fsp3) is 0.538. The van der Waals surface area contributed by atoms with Gasteiger partial charge >= 0.3 is 0 Å². The summed E-state index contributed by atoms with van der Waals surface area (Å²) in [7, 11) is 3.39. The second-order valence-electron chi connectivity index (χ2n) is 4.03. The first-order valence-corrected chi connectivity index (χ1v) is 5.59. The van der Waals surface area contributed by atoms with Crippen LogP contribution in [0.4, 0.5) is 5.69 Å². The summed E-state index contributed by atoms with van der Waals surface area (Å²) >= 11 is 0. The first kappa shape index (κ1) is 12.8. The molecule has 1 N–H and O–H groups in total. The second-order valence-corrected chi connectivity index (χ2v) is 4.03. The molecule has 1 aromatic rings. The van der Waals surface area contributed by atoms with E-state index in [0.717, 1.165) is 18.0 Å². The van der Waals surface area contributed by atoms with Crippen molar-refractivity contribution in [2.45, 2.75) is 19.8 Å². The molecule has 0 radical (unpaired) electrons. The van der Waals surface area contributed by atoms with Crippen molar-refractivity contribution >= 4 is 5.69 Å². The van der Waals surface area contributed by atoms with Crippen molar-refractivity contribution < 1.29 is 9.47 Å². The summed E-state index contributed by atoms with van der Waals surface area (Å²) < 4.78 is 10.4. The molecule has 0 aliphatic carbocycles. The Morgan fingerprint density at radius 3 is 2.56 bits per heavy atom. The fourth-order valence-corrected chi connectivity index (χ4v) is 1.50. The minimum atomic E-state index is 0.516. The van der Waals surface area contributed by atoms with Crippen LogP contribution in [0.5, 0.6) is 5.75 Å². The molecule has 0 saturated heterocycles. The summed E-state index contributed by atoms with van der Waals surface area (Å²) in [5.41, 5.74) is 2.30. The zero-order valence-corrected chi connectivity index (χ0v) is 10.5. The molecule has 1 aromatic carbocycles. The standard InChI is InChI=1S/C13H21NO2/c1-10(2)11-5-6-12(13(9-11)16-4)14-7-8-15-3/h5-6,9-10,14H,7-8H2,1-4H3. The van der Waals surface area contributed by atoms with E-state index >= 15 is 0 Å². The van der Waals surface area contributed by atoms with Crippen molar-refractivity contribution in [3.63, 3.8) is 0 Å². The lowest BCUT2D eigenvalue weighted by Gasteiger charge is -2.13. The van der Waals surface area contributed by atoms with E-state index in [1.165, 1.54) is 5.56 Å². The molecule has 1 rings (SSSR count). The molecular formula is C13H21NO2. The first-order valence-electron chi connectivity index (χ1n) is 5.59. The van der Waals surface area contributed by atoms with Gasteiger partial charge in [-0.05, 0) is 23.6 Å². The van der Waals surface area contributed by atoms with Crippen LogP contribution in [0.25, 0.3) is 0 Å². The van der Waals surface area contributed by atoms with Crippen LogP contribution in [0.15, 0.2) is 18.2 Å². The third kappa shape index (κ3) is 3.42. The Bertz CT molecular complexity index is 324. The van der Waals surface area contributed by atoms with E-state index in [-0.39, 0.29) is 0 Å². The van der Waals surface area contributed by atoms with Crippen LogP contribution in [-0.2, 0) is 4.74 Å². The van der Waals surface area contributed by atoms with Gasteiger partial charge < -0.3 is 14.8 Å². The number of methoxy groups -OCH3 is 2. The highest BCUT2D eigenvalue weighted by Gasteiger charge is 2.06. The van der Waals surface area contributed by atoms with Gasteiger partial charge in [0.1, 0.15) is 5.75 Å². The van der Waals surface area contributed by atoms with Crippen LogP contribution < -0.4 is 10.1 Å². The molecule has 3 nitrogen and oxygen atoms in total.